The molecule has 4 heterocycles. The lowest BCUT2D eigenvalue weighted by Crippen LogP contribution is -2.59. The van der Waals surface area contributed by atoms with Crippen molar-refractivity contribution in [3.05, 3.63) is 99.4 Å². The van der Waals surface area contributed by atoms with Gasteiger partial charge >= 0.3 is 0 Å². The number of benzene rings is 2. The van der Waals surface area contributed by atoms with E-state index in [4.69, 9.17) is 27.6 Å². The molecule has 38 heavy (non-hydrogen) atoms. The van der Waals surface area contributed by atoms with E-state index in [0.717, 1.165) is 17.5 Å². The Morgan fingerprint density at radius 1 is 1.05 bits per heavy atom. The zero-order valence-corrected chi connectivity index (χ0v) is 21.8. The van der Waals surface area contributed by atoms with Crippen LogP contribution in [0.3, 0.4) is 0 Å². The summed E-state index contributed by atoms with van der Waals surface area (Å²) >= 11 is 12.2. The maximum atomic E-state index is 13.5. The molecular formula is C27H24Cl2N6O3. The van der Waals surface area contributed by atoms with Gasteiger partial charge in [0, 0.05) is 37.8 Å². The molecular weight excluding hydrogens is 527 g/mol. The predicted molar refractivity (Wildman–Crippen MR) is 140 cm³/mol. The van der Waals surface area contributed by atoms with Gasteiger partial charge in [-0.25, -0.2) is 0 Å². The highest BCUT2D eigenvalue weighted by Gasteiger charge is 2.57. The first-order valence-electron chi connectivity index (χ1n) is 12.2. The van der Waals surface area contributed by atoms with Gasteiger partial charge in [0.25, 0.3) is 5.91 Å². The first-order valence-corrected chi connectivity index (χ1v) is 13.0. The summed E-state index contributed by atoms with van der Waals surface area (Å²) in [6, 6.07) is 15.3. The SMILES string of the molecule is O=CN1CC2(C1)CN(C(=O)c1cnn(Cc3ccccc3)c1)CC2c1nnc(Cc2ccc(Cl)c(Cl)c2)o1. The van der Waals surface area contributed by atoms with E-state index in [2.05, 4.69) is 15.3 Å². The van der Waals surface area contributed by atoms with Crippen LogP contribution in [0.1, 0.15) is 39.2 Å². The van der Waals surface area contributed by atoms with Gasteiger partial charge in [0.2, 0.25) is 18.2 Å². The van der Waals surface area contributed by atoms with Crippen LogP contribution in [-0.2, 0) is 17.8 Å². The van der Waals surface area contributed by atoms with E-state index >= 15 is 0 Å². The molecule has 9 nitrogen and oxygen atoms in total. The second-order valence-electron chi connectivity index (χ2n) is 9.98. The van der Waals surface area contributed by atoms with Gasteiger partial charge in [-0.05, 0) is 23.3 Å². The van der Waals surface area contributed by atoms with E-state index in [1.807, 2.05) is 36.4 Å². The van der Waals surface area contributed by atoms with Gasteiger partial charge < -0.3 is 14.2 Å². The van der Waals surface area contributed by atoms with E-state index in [9.17, 15) is 9.59 Å². The summed E-state index contributed by atoms with van der Waals surface area (Å²) < 4.78 is 7.85. The molecule has 0 bridgehead atoms. The summed E-state index contributed by atoms with van der Waals surface area (Å²) in [7, 11) is 0. The minimum Gasteiger partial charge on any atom is -0.425 e. The Balaban J connectivity index is 1.19. The summed E-state index contributed by atoms with van der Waals surface area (Å²) in [5, 5.41) is 13.9. The average Bonchev–Trinajstić information content (AvgIpc) is 3.64. The monoisotopic (exact) mass is 550 g/mol. The number of rotatable bonds is 7. The molecule has 2 aromatic carbocycles. The van der Waals surface area contributed by atoms with Crippen LogP contribution in [0.2, 0.25) is 10.0 Å². The number of likely N-dealkylation sites (tertiary alicyclic amines) is 2. The first-order chi connectivity index (χ1) is 18.4. The van der Waals surface area contributed by atoms with Gasteiger partial charge in [-0.15, -0.1) is 10.2 Å². The maximum Gasteiger partial charge on any atom is 0.257 e. The molecule has 194 valence electrons. The second-order valence-corrected chi connectivity index (χ2v) is 10.8. The van der Waals surface area contributed by atoms with Gasteiger partial charge in [-0.2, -0.15) is 5.10 Å². The Labute approximate surface area is 228 Å². The average molecular weight is 551 g/mol. The Morgan fingerprint density at radius 2 is 1.87 bits per heavy atom. The molecule has 2 aliphatic rings. The van der Waals surface area contributed by atoms with Crippen molar-refractivity contribution in [2.24, 2.45) is 5.41 Å². The molecule has 1 unspecified atom stereocenters. The first kappa shape index (κ1) is 24.6. The molecule has 0 aliphatic carbocycles. The summed E-state index contributed by atoms with van der Waals surface area (Å²) in [4.78, 5) is 28.4. The zero-order valence-electron chi connectivity index (χ0n) is 20.3. The van der Waals surface area contributed by atoms with Crippen LogP contribution in [0.4, 0.5) is 0 Å². The van der Waals surface area contributed by atoms with Crippen molar-refractivity contribution in [3.63, 3.8) is 0 Å². The molecule has 2 fully saturated rings. The highest BCUT2D eigenvalue weighted by atomic mass is 35.5. The van der Waals surface area contributed by atoms with Crippen molar-refractivity contribution in [3.8, 4) is 0 Å². The van der Waals surface area contributed by atoms with Gasteiger partial charge in [-0.1, -0.05) is 59.6 Å². The van der Waals surface area contributed by atoms with Crippen molar-refractivity contribution < 1.29 is 14.0 Å². The fourth-order valence-electron chi connectivity index (χ4n) is 5.44. The third kappa shape index (κ3) is 4.68. The quantitative estimate of drug-likeness (QED) is 0.323. The van der Waals surface area contributed by atoms with E-state index in [1.54, 1.807) is 39.0 Å². The molecule has 11 heteroatoms. The lowest BCUT2D eigenvalue weighted by atomic mass is 9.72. The molecule has 6 rings (SSSR count). The molecule has 1 spiro atoms. The molecule has 2 saturated heterocycles. The van der Waals surface area contributed by atoms with Crippen LogP contribution in [0, 0.1) is 5.41 Å². The van der Waals surface area contributed by atoms with E-state index in [0.29, 0.717) is 66.5 Å². The summed E-state index contributed by atoms with van der Waals surface area (Å²) in [6.07, 6.45) is 4.62. The lowest BCUT2D eigenvalue weighted by molar-refractivity contribution is -0.129. The number of carbonyl (C=O) groups excluding carboxylic acids is 2. The van der Waals surface area contributed by atoms with Gasteiger partial charge in [-0.3, -0.25) is 14.3 Å². The highest BCUT2D eigenvalue weighted by Crippen LogP contribution is 2.48. The normalized spacial score (nSPS) is 18.1. The number of amides is 2. The molecule has 2 aliphatic heterocycles. The zero-order chi connectivity index (χ0) is 26.3. The fourth-order valence-corrected chi connectivity index (χ4v) is 5.76. The predicted octanol–water partition coefficient (Wildman–Crippen LogP) is 3.91. The molecule has 2 amide bonds. The number of carbonyl (C=O) groups is 2. The van der Waals surface area contributed by atoms with E-state index < -0.39 is 0 Å². The van der Waals surface area contributed by atoms with Crippen LogP contribution in [0.25, 0.3) is 0 Å². The second kappa shape index (κ2) is 9.89. The molecule has 1 atom stereocenters. The Hall–Kier alpha value is -3.69. The third-order valence-corrected chi connectivity index (χ3v) is 8.05. The summed E-state index contributed by atoms with van der Waals surface area (Å²) in [6.45, 7) is 2.56. The number of aromatic nitrogens is 4. The standard InChI is InChI=1S/C27H24Cl2N6O3/c28-22-7-6-19(8-23(22)29)9-24-31-32-25(38-24)21-13-34(16-27(21)14-33(15-27)17-36)26(37)20-10-30-35(12-20)11-18-4-2-1-3-5-18/h1-8,10,12,17,21H,9,11,13-16H2. The minimum absolute atomic E-state index is 0.105. The number of halogens is 2. The molecule has 0 saturated carbocycles. The van der Waals surface area contributed by atoms with Crippen LogP contribution in [0.5, 0.6) is 0 Å². The molecule has 2 aromatic heterocycles. The largest absolute Gasteiger partial charge is 0.425 e. The van der Waals surface area contributed by atoms with E-state index in [-0.39, 0.29) is 17.2 Å². The Bertz CT molecular complexity index is 1480. The number of nitrogens with zero attached hydrogens (tertiary/aromatic N) is 6. The Morgan fingerprint density at radius 3 is 2.63 bits per heavy atom. The minimum atomic E-state index is -0.329. The van der Waals surface area contributed by atoms with Crippen LogP contribution >= 0.6 is 23.2 Å². The summed E-state index contributed by atoms with van der Waals surface area (Å²) in [5.41, 5.74) is 2.19. The van der Waals surface area contributed by atoms with E-state index in [1.165, 1.54) is 0 Å². The van der Waals surface area contributed by atoms with Crippen LogP contribution < -0.4 is 0 Å². The molecule has 4 aromatic rings. The van der Waals surface area contributed by atoms with Gasteiger partial charge in [0.1, 0.15) is 0 Å². The Kier molecular flexibility index (Phi) is 6.41. The van der Waals surface area contributed by atoms with Crippen molar-refractivity contribution in [1.82, 2.24) is 29.8 Å². The van der Waals surface area contributed by atoms with Gasteiger partial charge in [0.15, 0.2) is 0 Å². The maximum absolute atomic E-state index is 13.5. The number of hydrogen-bond donors (Lipinski definition) is 0. The van der Waals surface area contributed by atoms with Crippen molar-refractivity contribution in [1.29, 1.82) is 0 Å². The summed E-state index contributed by atoms with van der Waals surface area (Å²) in [5.74, 6) is 0.635. The van der Waals surface area contributed by atoms with Crippen molar-refractivity contribution >= 4 is 35.5 Å². The molecule has 0 N–H and O–H groups in total. The van der Waals surface area contributed by atoms with Crippen LogP contribution in [0.15, 0.2) is 65.3 Å². The topological polar surface area (TPSA) is 97.4 Å². The third-order valence-electron chi connectivity index (χ3n) is 7.31. The van der Waals surface area contributed by atoms with Crippen LogP contribution in [-0.4, -0.2) is 68.3 Å². The fraction of sp³-hybridized carbons (Fsp3) is 0.296. The number of hydrogen-bond acceptors (Lipinski definition) is 6. The highest BCUT2D eigenvalue weighted by molar-refractivity contribution is 6.42. The van der Waals surface area contributed by atoms with Crippen molar-refractivity contribution in [2.75, 3.05) is 26.2 Å². The smallest absolute Gasteiger partial charge is 0.257 e. The van der Waals surface area contributed by atoms with Crippen molar-refractivity contribution in [2.45, 2.75) is 18.9 Å². The lowest BCUT2D eigenvalue weighted by Gasteiger charge is -2.48. The van der Waals surface area contributed by atoms with Gasteiger partial charge in [0.05, 0.1) is 40.7 Å². The molecule has 0 radical (unpaired) electrons.